The number of nitrogens with two attached hydrogens (primary N) is 1. The van der Waals surface area contributed by atoms with Gasteiger partial charge < -0.3 is 11.1 Å². The van der Waals surface area contributed by atoms with Crippen molar-refractivity contribution in [3.05, 3.63) is 29.8 Å². The highest BCUT2D eigenvalue weighted by Crippen LogP contribution is 2.16. The minimum absolute atomic E-state index is 0.0928. The zero-order valence-electron chi connectivity index (χ0n) is 11.6. The maximum absolute atomic E-state index is 12.1. The van der Waals surface area contributed by atoms with E-state index in [-0.39, 0.29) is 11.8 Å². The first kappa shape index (κ1) is 15.6. The van der Waals surface area contributed by atoms with E-state index < -0.39 is 0 Å². The van der Waals surface area contributed by atoms with Crippen molar-refractivity contribution in [3.63, 3.8) is 0 Å². The van der Waals surface area contributed by atoms with Crippen molar-refractivity contribution < 1.29 is 4.79 Å². The Morgan fingerprint density at radius 1 is 1.32 bits per heavy atom. The van der Waals surface area contributed by atoms with Crippen LogP contribution < -0.4 is 11.1 Å². The number of thiocarbonyl (C=S) groups is 1. The maximum Gasteiger partial charge on any atom is 0.227 e. The minimum Gasteiger partial charge on any atom is -0.389 e. The van der Waals surface area contributed by atoms with Crippen LogP contribution in [0.5, 0.6) is 0 Å². The van der Waals surface area contributed by atoms with Gasteiger partial charge in [0.25, 0.3) is 0 Å². The van der Waals surface area contributed by atoms with Crippen LogP contribution in [0.1, 0.15) is 45.1 Å². The SMILES string of the molecule is CCCCC(CC)C(=O)Nc1ccc(C(N)=S)cc1. The third-order valence-corrected chi connectivity index (χ3v) is 3.44. The predicted molar refractivity (Wildman–Crippen MR) is 84.3 cm³/mol. The summed E-state index contributed by atoms with van der Waals surface area (Å²) in [5.74, 6) is 0.189. The van der Waals surface area contributed by atoms with Gasteiger partial charge in [-0.2, -0.15) is 0 Å². The Morgan fingerprint density at radius 3 is 2.42 bits per heavy atom. The van der Waals surface area contributed by atoms with Crippen LogP contribution in [-0.4, -0.2) is 10.9 Å². The quantitative estimate of drug-likeness (QED) is 0.751. The molecular weight excluding hydrogens is 256 g/mol. The topological polar surface area (TPSA) is 55.1 Å². The highest BCUT2D eigenvalue weighted by atomic mass is 32.1. The number of hydrogen-bond donors (Lipinski definition) is 2. The van der Waals surface area contributed by atoms with Crippen molar-refractivity contribution in [2.24, 2.45) is 11.7 Å². The summed E-state index contributed by atoms with van der Waals surface area (Å²) in [5.41, 5.74) is 7.14. The smallest absolute Gasteiger partial charge is 0.227 e. The van der Waals surface area contributed by atoms with Gasteiger partial charge in [0.2, 0.25) is 5.91 Å². The molecule has 104 valence electrons. The molecule has 1 unspecified atom stereocenters. The molecule has 0 spiro atoms. The number of nitrogens with one attached hydrogen (secondary N) is 1. The van der Waals surface area contributed by atoms with Gasteiger partial charge >= 0.3 is 0 Å². The van der Waals surface area contributed by atoms with Gasteiger partial charge in [0.1, 0.15) is 4.99 Å². The van der Waals surface area contributed by atoms with Crippen molar-refractivity contribution in [2.45, 2.75) is 39.5 Å². The van der Waals surface area contributed by atoms with Crippen molar-refractivity contribution in [2.75, 3.05) is 5.32 Å². The van der Waals surface area contributed by atoms with E-state index in [1.807, 2.05) is 24.3 Å². The largest absolute Gasteiger partial charge is 0.389 e. The molecule has 0 saturated heterocycles. The van der Waals surface area contributed by atoms with E-state index in [4.69, 9.17) is 18.0 Å². The second-order valence-corrected chi connectivity index (χ2v) is 5.12. The Bertz CT molecular complexity index is 428. The average Bonchev–Trinajstić information content (AvgIpc) is 2.40. The fourth-order valence-corrected chi connectivity index (χ4v) is 2.07. The van der Waals surface area contributed by atoms with Crippen molar-refractivity contribution >= 4 is 28.8 Å². The summed E-state index contributed by atoms with van der Waals surface area (Å²) in [6.45, 7) is 4.19. The predicted octanol–water partition coefficient (Wildman–Crippen LogP) is 3.48. The summed E-state index contributed by atoms with van der Waals surface area (Å²) in [4.78, 5) is 12.5. The summed E-state index contributed by atoms with van der Waals surface area (Å²) >= 11 is 4.89. The molecule has 1 aromatic rings. The van der Waals surface area contributed by atoms with Crippen molar-refractivity contribution in [3.8, 4) is 0 Å². The van der Waals surface area contributed by atoms with Gasteiger partial charge in [-0.25, -0.2) is 0 Å². The van der Waals surface area contributed by atoms with Crippen LogP contribution in [0.25, 0.3) is 0 Å². The molecule has 19 heavy (non-hydrogen) atoms. The first-order valence-electron chi connectivity index (χ1n) is 6.79. The lowest BCUT2D eigenvalue weighted by Gasteiger charge is -2.14. The third kappa shape index (κ3) is 4.99. The van der Waals surface area contributed by atoms with Gasteiger partial charge in [-0.05, 0) is 37.1 Å². The van der Waals surface area contributed by atoms with Gasteiger partial charge in [0, 0.05) is 17.2 Å². The van der Waals surface area contributed by atoms with E-state index in [9.17, 15) is 4.79 Å². The summed E-state index contributed by atoms with van der Waals surface area (Å²) < 4.78 is 0. The van der Waals surface area contributed by atoms with Crippen LogP contribution in [0.3, 0.4) is 0 Å². The molecular formula is C15H22N2OS. The van der Waals surface area contributed by atoms with E-state index in [1.54, 1.807) is 0 Å². The van der Waals surface area contributed by atoms with Crippen molar-refractivity contribution in [1.82, 2.24) is 0 Å². The fraction of sp³-hybridized carbons (Fsp3) is 0.467. The molecule has 1 amide bonds. The van der Waals surface area contributed by atoms with Crippen LogP contribution in [0.15, 0.2) is 24.3 Å². The number of amides is 1. The molecule has 0 bridgehead atoms. The Kier molecular flexibility index (Phi) is 6.50. The number of anilines is 1. The third-order valence-electron chi connectivity index (χ3n) is 3.21. The van der Waals surface area contributed by atoms with E-state index in [0.717, 1.165) is 36.9 Å². The first-order valence-corrected chi connectivity index (χ1v) is 7.20. The minimum atomic E-state index is 0.0928. The molecule has 0 radical (unpaired) electrons. The van der Waals surface area contributed by atoms with Crippen LogP contribution in [0.4, 0.5) is 5.69 Å². The highest BCUT2D eigenvalue weighted by Gasteiger charge is 2.15. The highest BCUT2D eigenvalue weighted by molar-refractivity contribution is 7.80. The Morgan fingerprint density at radius 2 is 1.95 bits per heavy atom. The summed E-state index contributed by atoms with van der Waals surface area (Å²) in [6, 6.07) is 7.31. The second kappa shape index (κ2) is 7.89. The van der Waals surface area contributed by atoms with E-state index in [1.165, 1.54) is 0 Å². The standard InChI is InChI=1S/C15H22N2OS/c1-3-5-6-11(4-2)15(18)17-13-9-7-12(8-10-13)14(16)19/h7-11H,3-6H2,1-2H3,(H2,16,19)(H,17,18). The lowest BCUT2D eigenvalue weighted by atomic mass is 9.98. The fourth-order valence-electron chi connectivity index (χ4n) is 1.93. The number of benzene rings is 1. The molecule has 0 aliphatic heterocycles. The molecule has 3 N–H and O–H groups in total. The molecule has 3 nitrogen and oxygen atoms in total. The Balaban J connectivity index is 2.62. The summed E-state index contributed by atoms with van der Waals surface area (Å²) in [7, 11) is 0. The van der Waals surface area contributed by atoms with Gasteiger partial charge in [-0.1, -0.05) is 38.9 Å². The molecule has 4 heteroatoms. The van der Waals surface area contributed by atoms with Crippen LogP contribution in [-0.2, 0) is 4.79 Å². The molecule has 1 rings (SSSR count). The number of hydrogen-bond acceptors (Lipinski definition) is 2. The van der Waals surface area contributed by atoms with Crippen molar-refractivity contribution in [1.29, 1.82) is 0 Å². The zero-order valence-corrected chi connectivity index (χ0v) is 12.4. The summed E-state index contributed by atoms with van der Waals surface area (Å²) in [6.07, 6.45) is 4.03. The van der Waals surface area contributed by atoms with Gasteiger partial charge in [0.15, 0.2) is 0 Å². The summed E-state index contributed by atoms with van der Waals surface area (Å²) in [5, 5.41) is 2.94. The number of rotatable bonds is 7. The number of unbranched alkanes of at least 4 members (excludes halogenated alkanes) is 1. The molecule has 0 aliphatic rings. The molecule has 1 atom stereocenters. The van der Waals surface area contributed by atoms with Crippen LogP contribution in [0, 0.1) is 5.92 Å². The monoisotopic (exact) mass is 278 g/mol. The number of carbonyl (C=O) groups excluding carboxylic acids is 1. The molecule has 1 aromatic carbocycles. The first-order chi connectivity index (χ1) is 9.08. The van der Waals surface area contributed by atoms with Gasteiger partial charge in [0.05, 0.1) is 0 Å². The van der Waals surface area contributed by atoms with E-state index >= 15 is 0 Å². The van der Waals surface area contributed by atoms with Gasteiger partial charge in [-0.3, -0.25) is 4.79 Å². The second-order valence-electron chi connectivity index (χ2n) is 4.68. The lowest BCUT2D eigenvalue weighted by molar-refractivity contribution is -0.120. The average molecular weight is 278 g/mol. The molecule has 0 aromatic heterocycles. The van der Waals surface area contributed by atoms with Crippen LogP contribution >= 0.6 is 12.2 Å². The molecule has 0 aliphatic carbocycles. The Labute approximate surface area is 120 Å². The molecule has 0 saturated carbocycles. The van der Waals surface area contributed by atoms with E-state index in [2.05, 4.69) is 19.2 Å². The maximum atomic E-state index is 12.1. The number of carbonyl (C=O) groups is 1. The van der Waals surface area contributed by atoms with Gasteiger partial charge in [-0.15, -0.1) is 0 Å². The van der Waals surface area contributed by atoms with Crippen LogP contribution in [0.2, 0.25) is 0 Å². The lowest BCUT2D eigenvalue weighted by Crippen LogP contribution is -2.22. The molecule has 0 fully saturated rings. The Hall–Kier alpha value is -1.42. The van der Waals surface area contributed by atoms with E-state index in [0.29, 0.717) is 4.99 Å². The normalized spacial score (nSPS) is 11.9. The molecule has 0 heterocycles. The zero-order chi connectivity index (χ0) is 14.3.